The molecule has 0 amide bonds. The minimum absolute atomic E-state index is 0.00968. The number of fused-ring (bicyclic) bond motifs is 2. The molecular weight excluding hydrogens is 358 g/mol. The van der Waals surface area contributed by atoms with Gasteiger partial charge in [-0.3, -0.25) is 0 Å². The molecule has 7 heteroatoms. The van der Waals surface area contributed by atoms with Crippen LogP contribution in [0.4, 0.5) is 5.69 Å². The Morgan fingerprint density at radius 1 is 1.11 bits per heavy atom. The summed E-state index contributed by atoms with van der Waals surface area (Å²) in [6.07, 6.45) is 2.65. The molecule has 0 fully saturated rings. The van der Waals surface area contributed by atoms with Crippen LogP contribution in [0, 0.1) is 0 Å². The Bertz CT molecular complexity index is 993. The normalized spacial score (nSPS) is 13.3. The molecule has 3 aromatic rings. The van der Waals surface area contributed by atoms with Gasteiger partial charge in [0.2, 0.25) is 0 Å². The van der Waals surface area contributed by atoms with Crippen molar-refractivity contribution in [3.63, 3.8) is 0 Å². The highest BCUT2D eigenvalue weighted by molar-refractivity contribution is 5.93. The predicted molar refractivity (Wildman–Crippen MR) is 106 cm³/mol. The molecule has 2 aromatic carbocycles. The van der Waals surface area contributed by atoms with Gasteiger partial charge >= 0.3 is 0 Å². The molecule has 0 saturated carbocycles. The fourth-order valence-electron chi connectivity index (χ4n) is 3.69. The monoisotopic (exact) mass is 381 g/mol. The third-order valence-corrected chi connectivity index (χ3v) is 5.04. The Balaban J connectivity index is 1.70. The summed E-state index contributed by atoms with van der Waals surface area (Å²) in [6, 6.07) is 9.88. The van der Waals surface area contributed by atoms with Crippen molar-refractivity contribution in [3.05, 3.63) is 47.7 Å². The molecule has 7 nitrogen and oxygen atoms in total. The molecule has 1 N–H and O–H groups in total. The standard InChI is InChI=1S/C21H23N3O4/c1-26-20-10-16-17(11-21(20)27-2)23-22-12-18(16)24-7-6-15-14(13-24)4-3-5-19(15)28-9-8-25/h3-5,10-12,25H,6-9,13H2,1-2H3. The number of aliphatic hydroxyl groups is 1. The van der Waals surface area contributed by atoms with Crippen molar-refractivity contribution < 1.29 is 19.3 Å². The predicted octanol–water partition coefficient (Wildman–Crippen LogP) is 2.58. The van der Waals surface area contributed by atoms with E-state index in [2.05, 4.69) is 21.2 Å². The van der Waals surface area contributed by atoms with Gasteiger partial charge in [-0.25, -0.2) is 0 Å². The number of hydrogen-bond donors (Lipinski definition) is 1. The molecule has 0 radical (unpaired) electrons. The van der Waals surface area contributed by atoms with Gasteiger partial charge in [-0.15, -0.1) is 0 Å². The van der Waals surface area contributed by atoms with Crippen LogP contribution in [-0.2, 0) is 13.0 Å². The second-order valence-corrected chi connectivity index (χ2v) is 6.59. The highest BCUT2D eigenvalue weighted by Crippen LogP contribution is 2.37. The van der Waals surface area contributed by atoms with Crippen molar-refractivity contribution in [1.82, 2.24) is 10.2 Å². The van der Waals surface area contributed by atoms with Crippen LogP contribution in [-0.4, -0.2) is 49.3 Å². The van der Waals surface area contributed by atoms with Gasteiger partial charge < -0.3 is 24.2 Å². The number of hydrogen-bond acceptors (Lipinski definition) is 7. The first-order valence-electron chi connectivity index (χ1n) is 9.22. The number of anilines is 1. The van der Waals surface area contributed by atoms with Crippen LogP contribution in [0.3, 0.4) is 0 Å². The quantitative estimate of drug-likeness (QED) is 0.703. The van der Waals surface area contributed by atoms with Crippen molar-refractivity contribution in [2.75, 3.05) is 38.9 Å². The van der Waals surface area contributed by atoms with E-state index in [0.29, 0.717) is 18.1 Å². The van der Waals surface area contributed by atoms with Crippen molar-refractivity contribution in [1.29, 1.82) is 0 Å². The molecule has 1 aliphatic rings. The number of benzene rings is 2. The largest absolute Gasteiger partial charge is 0.493 e. The van der Waals surface area contributed by atoms with Crippen LogP contribution < -0.4 is 19.1 Å². The lowest BCUT2D eigenvalue weighted by Crippen LogP contribution is -2.31. The van der Waals surface area contributed by atoms with Crippen LogP contribution in [0.2, 0.25) is 0 Å². The molecule has 1 aromatic heterocycles. The number of ether oxygens (including phenoxy) is 3. The van der Waals surface area contributed by atoms with Crippen LogP contribution >= 0.6 is 0 Å². The van der Waals surface area contributed by atoms with Crippen LogP contribution in [0.25, 0.3) is 10.9 Å². The SMILES string of the molecule is COc1cc2nncc(N3CCc4c(cccc4OCCO)C3)c2cc1OC. The molecule has 0 unspecified atom stereocenters. The molecular formula is C21H23N3O4. The first kappa shape index (κ1) is 18.3. The van der Waals surface area contributed by atoms with Gasteiger partial charge in [-0.1, -0.05) is 12.1 Å². The van der Waals surface area contributed by atoms with Gasteiger partial charge in [-0.2, -0.15) is 10.2 Å². The molecule has 0 bridgehead atoms. The van der Waals surface area contributed by atoms with Crippen LogP contribution in [0.5, 0.6) is 17.2 Å². The molecule has 28 heavy (non-hydrogen) atoms. The molecule has 0 aliphatic carbocycles. The number of aliphatic hydroxyl groups excluding tert-OH is 1. The number of rotatable bonds is 6. The number of nitrogens with zero attached hydrogens (tertiary/aromatic N) is 3. The lowest BCUT2D eigenvalue weighted by atomic mass is 9.98. The maximum atomic E-state index is 9.04. The highest BCUT2D eigenvalue weighted by atomic mass is 16.5. The Labute approximate surface area is 163 Å². The van der Waals surface area contributed by atoms with Crippen molar-refractivity contribution >= 4 is 16.6 Å². The van der Waals surface area contributed by atoms with E-state index in [0.717, 1.165) is 41.9 Å². The molecule has 2 heterocycles. The highest BCUT2D eigenvalue weighted by Gasteiger charge is 2.22. The van der Waals surface area contributed by atoms with Gasteiger partial charge in [0.1, 0.15) is 12.4 Å². The van der Waals surface area contributed by atoms with E-state index in [9.17, 15) is 0 Å². The first-order chi connectivity index (χ1) is 13.7. The van der Waals surface area contributed by atoms with Gasteiger partial charge in [0.05, 0.1) is 38.2 Å². The van der Waals surface area contributed by atoms with E-state index in [1.807, 2.05) is 24.3 Å². The molecule has 0 atom stereocenters. The zero-order chi connectivity index (χ0) is 19.5. The Kier molecular flexibility index (Phi) is 5.16. The minimum Gasteiger partial charge on any atom is -0.493 e. The maximum Gasteiger partial charge on any atom is 0.162 e. The second-order valence-electron chi connectivity index (χ2n) is 6.59. The third kappa shape index (κ3) is 3.29. The van der Waals surface area contributed by atoms with Gasteiger partial charge in [0.25, 0.3) is 0 Å². The molecule has 0 saturated heterocycles. The fraction of sp³-hybridized carbons (Fsp3) is 0.333. The molecule has 146 valence electrons. The first-order valence-corrected chi connectivity index (χ1v) is 9.22. The summed E-state index contributed by atoms with van der Waals surface area (Å²) in [6.45, 7) is 1.90. The van der Waals surface area contributed by atoms with E-state index in [4.69, 9.17) is 19.3 Å². The smallest absolute Gasteiger partial charge is 0.162 e. The average molecular weight is 381 g/mol. The molecule has 1 aliphatic heterocycles. The van der Waals surface area contributed by atoms with Crippen LogP contribution in [0.1, 0.15) is 11.1 Å². The summed E-state index contributed by atoms with van der Waals surface area (Å²) in [4.78, 5) is 2.29. The van der Waals surface area contributed by atoms with Crippen LogP contribution in [0.15, 0.2) is 36.5 Å². The summed E-state index contributed by atoms with van der Waals surface area (Å²) in [5.74, 6) is 2.16. The zero-order valence-electron chi connectivity index (χ0n) is 16.0. The lowest BCUT2D eigenvalue weighted by molar-refractivity contribution is 0.200. The van der Waals surface area contributed by atoms with Gasteiger partial charge in [-0.05, 0) is 24.1 Å². The summed E-state index contributed by atoms with van der Waals surface area (Å²) in [7, 11) is 3.24. The Morgan fingerprint density at radius 3 is 2.71 bits per heavy atom. The number of aromatic nitrogens is 2. The van der Waals surface area contributed by atoms with Crippen molar-refractivity contribution in [2.45, 2.75) is 13.0 Å². The molecule has 0 spiro atoms. The second kappa shape index (κ2) is 7.90. The van der Waals surface area contributed by atoms with E-state index in [-0.39, 0.29) is 6.61 Å². The van der Waals surface area contributed by atoms with Gasteiger partial charge in [0.15, 0.2) is 11.5 Å². The number of methoxy groups -OCH3 is 2. The fourth-order valence-corrected chi connectivity index (χ4v) is 3.69. The zero-order valence-corrected chi connectivity index (χ0v) is 16.0. The molecule has 4 rings (SSSR count). The summed E-state index contributed by atoms with van der Waals surface area (Å²) < 4.78 is 16.6. The van der Waals surface area contributed by atoms with E-state index >= 15 is 0 Å². The lowest BCUT2D eigenvalue weighted by Gasteiger charge is -2.32. The Hall–Kier alpha value is -3.06. The van der Waals surface area contributed by atoms with Crippen molar-refractivity contribution in [3.8, 4) is 17.2 Å². The summed E-state index contributed by atoms with van der Waals surface area (Å²) >= 11 is 0. The minimum atomic E-state index is 0.00968. The average Bonchev–Trinajstić information content (AvgIpc) is 2.75. The van der Waals surface area contributed by atoms with E-state index in [1.54, 1.807) is 20.4 Å². The summed E-state index contributed by atoms with van der Waals surface area (Å²) in [5.41, 5.74) is 4.20. The Morgan fingerprint density at radius 2 is 1.93 bits per heavy atom. The third-order valence-electron chi connectivity index (χ3n) is 5.04. The van der Waals surface area contributed by atoms with Crippen molar-refractivity contribution in [2.24, 2.45) is 0 Å². The van der Waals surface area contributed by atoms with E-state index < -0.39 is 0 Å². The topological polar surface area (TPSA) is 76.9 Å². The summed E-state index contributed by atoms with van der Waals surface area (Å²) in [5, 5.41) is 18.5. The maximum absolute atomic E-state index is 9.04. The van der Waals surface area contributed by atoms with E-state index in [1.165, 1.54) is 11.1 Å². The van der Waals surface area contributed by atoms with Gasteiger partial charge in [0, 0.05) is 30.1 Å².